The first-order valence-electron chi connectivity index (χ1n) is 18.6. The second-order valence-corrected chi connectivity index (χ2v) is 15.6. The maximum atomic E-state index is 12.0. The van der Waals surface area contributed by atoms with Gasteiger partial charge in [0.25, 0.3) is 0 Å². The fourth-order valence-electron chi connectivity index (χ4n) is 7.60. The Morgan fingerprint density at radius 2 is 1.21 bits per heavy atom. The molecule has 48 heavy (non-hydrogen) atoms. The molecule has 10 nitrogen and oxygen atoms in total. The molecule has 10 heteroatoms. The summed E-state index contributed by atoms with van der Waals surface area (Å²) in [6, 6.07) is 0.243. The predicted octanol–water partition coefficient (Wildman–Crippen LogP) is 6.45. The molecule has 0 radical (unpaired) electrons. The van der Waals surface area contributed by atoms with Gasteiger partial charge >= 0.3 is 6.09 Å². The van der Waals surface area contributed by atoms with Crippen LogP contribution in [0.1, 0.15) is 102 Å². The van der Waals surface area contributed by atoms with Crippen LogP contribution in [0.3, 0.4) is 0 Å². The standard InChI is InChI=1S/C38H68N2O8/c1-15-20-40(14)31-22(5)25(8)35(43-28(31)16-2)46-33-24(7)27(10)36(45-30(33)18-4)47-32-23(6)26(9)34(44-29(32)17-3)42-21-19-39-37(41)48-38(11,12)13/h1,22-36H,16-21H2,2-14H3,(H,39,41). The molecule has 0 bridgehead atoms. The van der Waals surface area contributed by atoms with E-state index in [2.05, 4.69) is 85.5 Å². The predicted molar refractivity (Wildman–Crippen MR) is 187 cm³/mol. The number of amides is 1. The lowest BCUT2D eigenvalue weighted by Crippen LogP contribution is -2.60. The smallest absolute Gasteiger partial charge is 0.407 e. The van der Waals surface area contributed by atoms with Crippen molar-refractivity contribution >= 4 is 6.09 Å². The summed E-state index contributed by atoms with van der Waals surface area (Å²) >= 11 is 0. The first-order valence-corrected chi connectivity index (χ1v) is 18.6. The van der Waals surface area contributed by atoms with Crippen molar-refractivity contribution in [2.24, 2.45) is 35.5 Å². The highest BCUT2D eigenvalue weighted by Gasteiger charge is 2.50. The van der Waals surface area contributed by atoms with Crippen molar-refractivity contribution in [2.75, 3.05) is 26.7 Å². The van der Waals surface area contributed by atoms with Gasteiger partial charge in [-0.25, -0.2) is 4.79 Å². The molecule has 0 aromatic heterocycles. The molecule has 3 aliphatic rings. The first kappa shape index (κ1) is 41.0. The van der Waals surface area contributed by atoms with E-state index in [9.17, 15) is 4.79 Å². The van der Waals surface area contributed by atoms with Crippen LogP contribution in [-0.4, -0.2) is 98.8 Å². The minimum absolute atomic E-state index is 0.0442. The number of likely N-dealkylation sites (N-methyl/N-ethyl adjacent to an activating group) is 1. The Balaban J connectivity index is 1.62. The van der Waals surface area contributed by atoms with Crippen molar-refractivity contribution in [3.63, 3.8) is 0 Å². The van der Waals surface area contributed by atoms with E-state index in [4.69, 9.17) is 39.6 Å². The molecule has 1 amide bonds. The molecular weight excluding hydrogens is 612 g/mol. The lowest BCUT2D eigenvalue weighted by atomic mass is 9.80. The van der Waals surface area contributed by atoms with Gasteiger partial charge in [-0.05, 0) is 64.8 Å². The van der Waals surface area contributed by atoms with Gasteiger partial charge < -0.3 is 38.5 Å². The molecule has 15 atom stereocenters. The van der Waals surface area contributed by atoms with E-state index >= 15 is 0 Å². The zero-order chi connectivity index (χ0) is 35.9. The molecule has 0 spiro atoms. The van der Waals surface area contributed by atoms with Crippen LogP contribution in [0, 0.1) is 47.9 Å². The van der Waals surface area contributed by atoms with Gasteiger partial charge in [0.15, 0.2) is 18.9 Å². The summed E-state index contributed by atoms with van der Waals surface area (Å²) in [6.07, 6.45) is 6.09. The number of hydrogen-bond donors (Lipinski definition) is 1. The minimum atomic E-state index is -0.545. The highest BCUT2D eigenvalue weighted by atomic mass is 16.7. The van der Waals surface area contributed by atoms with Crippen LogP contribution in [-0.2, 0) is 33.2 Å². The average Bonchev–Trinajstić information content (AvgIpc) is 3.02. The van der Waals surface area contributed by atoms with Crippen molar-refractivity contribution in [1.82, 2.24) is 10.2 Å². The van der Waals surface area contributed by atoms with Crippen LogP contribution in [0.5, 0.6) is 0 Å². The third-order valence-corrected chi connectivity index (χ3v) is 11.1. The number of carbonyl (C=O) groups is 1. The van der Waals surface area contributed by atoms with E-state index in [1.807, 2.05) is 20.8 Å². The Morgan fingerprint density at radius 3 is 1.69 bits per heavy atom. The molecule has 3 saturated heterocycles. The second-order valence-electron chi connectivity index (χ2n) is 15.6. The summed E-state index contributed by atoms with van der Waals surface area (Å²) in [5, 5.41) is 2.75. The maximum Gasteiger partial charge on any atom is 0.407 e. The second kappa shape index (κ2) is 18.2. The highest BCUT2D eigenvalue weighted by molar-refractivity contribution is 5.67. The van der Waals surface area contributed by atoms with Crippen molar-refractivity contribution < 1.29 is 38.0 Å². The Morgan fingerprint density at radius 1 is 0.750 bits per heavy atom. The van der Waals surface area contributed by atoms with Gasteiger partial charge in [-0.2, -0.15) is 0 Å². The Bertz CT molecular complexity index is 1030. The van der Waals surface area contributed by atoms with Crippen molar-refractivity contribution in [3.8, 4) is 12.3 Å². The number of nitrogens with one attached hydrogen (secondary N) is 1. The molecule has 3 fully saturated rings. The molecule has 0 saturated carbocycles. The van der Waals surface area contributed by atoms with Gasteiger partial charge in [0.2, 0.25) is 0 Å². The summed E-state index contributed by atoms with van der Waals surface area (Å²) in [6.45, 7) is 26.5. The maximum absolute atomic E-state index is 12.0. The lowest BCUT2D eigenvalue weighted by molar-refractivity contribution is -0.348. The van der Waals surface area contributed by atoms with Crippen LogP contribution < -0.4 is 5.32 Å². The van der Waals surface area contributed by atoms with Gasteiger partial charge in [-0.3, -0.25) is 4.90 Å². The fourth-order valence-corrected chi connectivity index (χ4v) is 7.60. The first-order chi connectivity index (χ1) is 22.6. The minimum Gasteiger partial charge on any atom is -0.444 e. The van der Waals surface area contributed by atoms with Crippen molar-refractivity contribution in [1.29, 1.82) is 0 Å². The number of carbonyl (C=O) groups excluding carboxylic acids is 1. The molecule has 15 unspecified atom stereocenters. The van der Waals surface area contributed by atoms with E-state index < -0.39 is 18.0 Å². The fraction of sp³-hybridized carbons (Fsp3) is 0.921. The molecule has 0 aliphatic carbocycles. The zero-order valence-electron chi connectivity index (χ0n) is 32.2. The van der Waals surface area contributed by atoms with E-state index in [0.717, 1.165) is 19.3 Å². The van der Waals surface area contributed by atoms with Crippen LogP contribution >= 0.6 is 0 Å². The van der Waals surface area contributed by atoms with Crippen LogP contribution in [0.2, 0.25) is 0 Å². The van der Waals surface area contributed by atoms with Gasteiger partial charge in [-0.15, -0.1) is 6.42 Å². The number of rotatable bonds is 13. The monoisotopic (exact) mass is 680 g/mol. The highest BCUT2D eigenvalue weighted by Crippen LogP contribution is 2.42. The normalized spacial score (nSPS) is 40.7. The van der Waals surface area contributed by atoms with Crippen molar-refractivity contribution in [2.45, 2.75) is 163 Å². The average molecular weight is 681 g/mol. The van der Waals surface area contributed by atoms with E-state index in [1.54, 1.807) is 0 Å². The Kier molecular flexibility index (Phi) is 15.5. The van der Waals surface area contributed by atoms with Crippen LogP contribution in [0.25, 0.3) is 0 Å². The summed E-state index contributed by atoms with van der Waals surface area (Å²) in [5.41, 5.74) is -0.545. The molecule has 3 heterocycles. The molecule has 1 N–H and O–H groups in total. The molecule has 3 aliphatic heterocycles. The number of hydrogen-bond acceptors (Lipinski definition) is 9. The quantitative estimate of drug-likeness (QED) is 0.174. The SMILES string of the molecule is C#CCN(C)C1C(CC)OC(OC2C(CC)OC(OC3C(CC)OC(OCCNC(=O)OC(C)(C)C)C(C)C3C)C(C)C2C)C(C)C1C. The van der Waals surface area contributed by atoms with Gasteiger partial charge in [0.1, 0.15) is 5.60 Å². The Hall–Kier alpha value is -1.45. The summed E-state index contributed by atoms with van der Waals surface area (Å²) < 4.78 is 45.1. The van der Waals surface area contributed by atoms with E-state index in [1.165, 1.54) is 0 Å². The summed E-state index contributed by atoms with van der Waals surface area (Å²) in [5.74, 6) is 3.87. The largest absolute Gasteiger partial charge is 0.444 e. The summed E-state index contributed by atoms with van der Waals surface area (Å²) in [4.78, 5) is 14.3. The lowest BCUT2D eigenvalue weighted by Gasteiger charge is -2.52. The molecule has 278 valence electrons. The summed E-state index contributed by atoms with van der Waals surface area (Å²) in [7, 11) is 2.09. The topological polar surface area (TPSA) is 97.0 Å². The van der Waals surface area contributed by atoms with Crippen LogP contribution in [0.15, 0.2) is 0 Å². The number of nitrogens with zero attached hydrogens (tertiary/aromatic N) is 1. The molecule has 0 aromatic carbocycles. The molecule has 3 rings (SSSR count). The third kappa shape index (κ3) is 10.1. The van der Waals surface area contributed by atoms with Gasteiger partial charge in [-0.1, -0.05) is 68.2 Å². The van der Waals surface area contributed by atoms with E-state index in [-0.39, 0.29) is 78.7 Å². The number of ether oxygens (including phenoxy) is 7. The van der Waals surface area contributed by atoms with Gasteiger partial charge in [0.05, 0.1) is 43.7 Å². The van der Waals surface area contributed by atoms with Crippen molar-refractivity contribution in [3.05, 3.63) is 0 Å². The number of terminal acetylenes is 1. The zero-order valence-corrected chi connectivity index (χ0v) is 32.2. The van der Waals surface area contributed by atoms with Crippen LogP contribution in [0.4, 0.5) is 4.79 Å². The Labute approximate surface area is 291 Å². The number of alkyl carbamates (subject to hydrolysis) is 1. The van der Waals surface area contributed by atoms with Gasteiger partial charge in [0, 0.05) is 30.3 Å². The van der Waals surface area contributed by atoms with E-state index in [0.29, 0.717) is 25.6 Å². The molecule has 0 aromatic rings. The molecular formula is C38H68N2O8. The third-order valence-electron chi connectivity index (χ3n) is 11.1.